The van der Waals surface area contributed by atoms with Crippen LogP contribution in [-0.4, -0.2) is 40.1 Å². The highest BCUT2D eigenvalue weighted by molar-refractivity contribution is 5.92. The molecule has 0 bridgehead atoms. The van der Waals surface area contributed by atoms with Gasteiger partial charge in [0.1, 0.15) is 17.4 Å². The average molecular weight is 394 g/mol. The molecule has 3 aliphatic rings. The molecule has 7 heteroatoms. The number of nitrogens with one attached hydrogen (secondary N) is 1. The summed E-state index contributed by atoms with van der Waals surface area (Å²) in [6.45, 7) is 1.35. The van der Waals surface area contributed by atoms with Crippen LogP contribution in [0.2, 0.25) is 0 Å². The van der Waals surface area contributed by atoms with E-state index in [1.807, 2.05) is 6.08 Å². The zero-order chi connectivity index (χ0) is 20.0. The Balaban J connectivity index is 1.50. The van der Waals surface area contributed by atoms with Gasteiger partial charge in [0.2, 0.25) is 5.91 Å². The van der Waals surface area contributed by atoms with Gasteiger partial charge in [-0.2, -0.15) is 0 Å². The highest BCUT2D eigenvalue weighted by atomic mass is 19.1. The number of carbonyl (C=O) groups excluding carboxylic acids is 1. The maximum Gasteiger partial charge on any atom is 0.223 e. The normalized spacial score (nSPS) is 21.8. The number of rotatable bonds is 4. The predicted octanol–water partition coefficient (Wildman–Crippen LogP) is 3.49. The lowest BCUT2D eigenvalue weighted by Gasteiger charge is -2.21. The molecule has 5 rings (SSSR count). The number of carbonyl (C=O) groups is 1. The van der Waals surface area contributed by atoms with E-state index in [9.17, 15) is 14.3 Å². The second kappa shape index (κ2) is 7.13. The topological polar surface area (TPSA) is 78.4 Å². The molecule has 6 nitrogen and oxygen atoms in total. The summed E-state index contributed by atoms with van der Waals surface area (Å²) in [7, 11) is 0. The average Bonchev–Trinajstić information content (AvgIpc) is 3.47. The summed E-state index contributed by atoms with van der Waals surface area (Å²) < 4.78 is 14.0. The van der Waals surface area contributed by atoms with Gasteiger partial charge in [0.25, 0.3) is 0 Å². The molecule has 1 aromatic heterocycles. The molecule has 2 N–H and O–H groups in total. The third-order valence-corrected chi connectivity index (χ3v) is 5.79. The van der Waals surface area contributed by atoms with Gasteiger partial charge in [0, 0.05) is 30.4 Å². The van der Waals surface area contributed by atoms with Crippen LogP contribution in [0, 0.1) is 11.7 Å². The lowest BCUT2D eigenvalue weighted by molar-refractivity contribution is -0.122. The number of halogens is 1. The van der Waals surface area contributed by atoms with Gasteiger partial charge in [-0.3, -0.25) is 4.79 Å². The number of aromatic nitrogens is 2. The molecular weight excluding hydrogens is 371 g/mol. The first-order valence-corrected chi connectivity index (χ1v) is 10.2. The molecule has 2 fully saturated rings. The number of aliphatic hydroxyl groups is 1. The van der Waals surface area contributed by atoms with Crippen molar-refractivity contribution in [3.05, 3.63) is 47.8 Å². The van der Waals surface area contributed by atoms with E-state index in [2.05, 4.69) is 15.2 Å². The smallest absolute Gasteiger partial charge is 0.223 e. The summed E-state index contributed by atoms with van der Waals surface area (Å²) in [4.78, 5) is 23.5. The Morgan fingerprint density at radius 1 is 1.17 bits per heavy atom. The van der Waals surface area contributed by atoms with Crippen molar-refractivity contribution in [3.8, 4) is 0 Å². The van der Waals surface area contributed by atoms with E-state index < -0.39 is 0 Å². The first-order valence-electron chi connectivity index (χ1n) is 10.2. The summed E-state index contributed by atoms with van der Waals surface area (Å²) in [6.07, 6.45) is 8.09. The van der Waals surface area contributed by atoms with Gasteiger partial charge in [0.05, 0.1) is 11.1 Å². The fourth-order valence-corrected chi connectivity index (χ4v) is 4.05. The summed E-state index contributed by atoms with van der Waals surface area (Å²) in [5, 5.41) is 14.1. The van der Waals surface area contributed by atoms with Gasteiger partial charge in [-0.25, -0.2) is 14.4 Å². The number of amides is 1. The van der Waals surface area contributed by atoms with Crippen molar-refractivity contribution < 1.29 is 14.3 Å². The number of aliphatic hydroxyl groups excluding tert-OH is 1. The second-order valence-corrected chi connectivity index (χ2v) is 8.03. The van der Waals surface area contributed by atoms with Gasteiger partial charge >= 0.3 is 0 Å². The molecule has 1 amide bonds. The van der Waals surface area contributed by atoms with Gasteiger partial charge in [-0.15, -0.1) is 0 Å². The molecule has 0 spiro atoms. The van der Waals surface area contributed by atoms with E-state index in [4.69, 9.17) is 4.98 Å². The Morgan fingerprint density at radius 3 is 2.79 bits per heavy atom. The monoisotopic (exact) mass is 394 g/mol. The Bertz CT molecular complexity index is 1040. The maximum atomic E-state index is 14.0. The Labute approximate surface area is 168 Å². The summed E-state index contributed by atoms with van der Waals surface area (Å²) in [5.74, 6) is 1.24. The second-order valence-electron chi connectivity index (χ2n) is 8.03. The van der Waals surface area contributed by atoms with Gasteiger partial charge in [-0.05, 0) is 56.4 Å². The van der Waals surface area contributed by atoms with Crippen molar-refractivity contribution in [1.82, 2.24) is 15.3 Å². The number of hydrogen-bond donors (Lipinski definition) is 2. The standard InChI is InChI=1S/C22H23FN4O2/c23-14-7-8-18-17(11-14)21(26-20(25-18)16-3-1-2-4-19(16)28)27-10-9-15(12-27)24-22(29)13-5-6-13/h3-4,7-8,11,13,15,28H,1-2,5-6,9-10,12H2,(H,24,29)/t15-/m1/s1. The van der Waals surface area contributed by atoms with E-state index in [0.29, 0.717) is 34.7 Å². The first kappa shape index (κ1) is 18.1. The molecule has 1 saturated heterocycles. The Kier molecular flexibility index (Phi) is 4.45. The fraction of sp³-hybridized carbons (Fsp3) is 0.409. The fourth-order valence-electron chi connectivity index (χ4n) is 4.05. The molecule has 2 aromatic rings. The molecule has 1 aromatic carbocycles. The predicted molar refractivity (Wildman–Crippen MR) is 109 cm³/mol. The molecule has 2 heterocycles. The van der Waals surface area contributed by atoms with E-state index in [0.717, 1.165) is 38.6 Å². The van der Waals surface area contributed by atoms with Crippen molar-refractivity contribution in [1.29, 1.82) is 0 Å². The van der Waals surface area contributed by atoms with Crippen LogP contribution in [0.5, 0.6) is 0 Å². The third-order valence-electron chi connectivity index (χ3n) is 5.79. The number of fused-ring (bicyclic) bond motifs is 1. The molecule has 1 atom stereocenters. The van der Waals surface area contributed by atoms with E-state index >= 15 is 0 Å². The van der Waals surface area contributed by atoms with Crippen LogP contribution < -0.4 is 10.2 Å². The molecule has 1 aliphatic heterocycles. The first-order chi connectivity index (χ1) is 14.1. The van der Waals surface area contributed by atoms with Crippen LogP contribution in [0.4, 0.5) is 10.2 Å². The molecule has 0 unspecified atom stereocenters. The minimum Gasteiger partial charge on any atom is -0.508 e. The molecule has 29 heavy (non-hydrogen) atoms. The molecular formula is C22H23FN4O2. The van der Waals surface area contributed by atoms with Crippen LogP contribution in [0.3, 0.4) is 0 Å². The third kappa shape index (κ3) is 3.57. The summed E-state index contributed by atoms with van der Waals surface area (Å²) >= 11 is 0. The minimum absolute atomic E-state index is 0.0623. The Morgan fingerprint density at radius 2 is 2.00 bits per heavy atom. The lowest BCUT2D eigenvalue weighted by atomic mass is 10.0. The zero-order valence-electron chi connectivity index (χ0n) is 16.1. The van der Waals surface area contributed by atoms with Crippen molar-refractivity contribution in [2.45, 2.75) is 38.1 Å². The number of benzene rings is 1. The van der Waals surface area contributed by atoms with Crippen molar-refractivity contribution in [3.63, 3.8) is 0 Å². The number of hydrogen-bond acceptors (Lipinski definition) is 5. The number of anilines is 1. The lowest BCUT2D eigenvalue weighted by Crippen LogP contribution is -2.38. The quantitative estimate of drug-likeness (QED) is 0.830. The highest BCUT2D eigenvalue weighted by Crippen LogP contribution is 2.33. The SMILES string of the molecule is O=C(N[C@@H]1CCN(c2nc(C3=CCCC=C3O)nc3ccc(F)cc23)C1)C1CC1. The minimum atomic E-state index is -0.340. The van der Waals surface area contributed by atoms with E-state index in [1.165, 1.54) is 12.1 Å². The molecule has 0 radical (unpaired) electrons. The summed E-state index contributed by atoms with van der Waals surface area (Å²) in [5.41, 5.74) is 1.25. The zero-order valence-corrected chi connectivity index (χ0v) is 16.1. The van der Waals surface area contributed by atoms with Crippen LogP contribution >= 0.6 is 0 Å². The van der Waals surface area contributed by atoms with Crippen LogP contribution in [0.1, 0.15) is 37.9 Å². The Hall–Kier alpha value is -2.96. The van der Waals surface area contributed by atoms with Gasteiger partial charge < -0.3 is 15.3 Å². The van der Waals surface area contributed by atoms with Crippen molar-refractivity contribution in [2.75, 3.05) is 18.0 Å². The molecule has 150 valence electrons. The van der Waals surface area contributed by atoms with Crippen molar-refractivity contribution >= 4 is 28.2 Å². The number of nitrogens with zero attached hydrogens (tertiary/aromatic N) is 3. The van der Waals surface area contributed by atoms with Crippen LogP contribution in [0.25, 0.3) is 16.5 Å². The van der Waals surface area contributed by atoms with Crippen LogP contribution in [-0.2, 0) is 4.79 Å². The highest BCUT2D eigenvalue weighted by Gasteiger charge is 2.33. The van der Waals surface area contributed by atoms with Gasteiger partial charge in [-0.1, -0.05) is 6.08 Å². The number of allylic oxidation sites excluding steroid dienone is 3. The van der Waals surface area contributed by atoms with E-state index in [-0.39, 0.29) is 29.4 Å². The van der Waals surface area contributed by atoms with Crippen LogP contribution in [0.15, 0.2) is 36.1 Å². The summed E-state index contributed by atoms with van der Waals surface area (Å²) in [6, 6.07) is 4.55. The van der Waals surface area contributed by atoms with Gasteiger partial charge in [0.15, 0.2) is 5.82 Å². The maximum absolute atomic E-state index is 14.0. The van der Waals surface area contributed by atoms with E-state index in [1.54, 1.807) is 12.1 Å². The largest absolute Gasteiger partial charge is 0.508 e. The van der Waals surface area contributed by atoms with Crippen molar-refractivity contribution in [2.24, 2.45) is 5.92 Å². The molecule has 1 saturated carbocycles. The molecule has 2 aliphatic carbocycles.